The van der Waals surface area contributed by atoms with Crippen molar-refractivity contribution in [2.45, 2.75) is 19.9 Å². The smallest absolute Gasteiger partial charge is 0.257 e. The van der Waals surface area contributed by atoms with Gasteiger partial charge in [0, 0.05) is 18.2 Å². The molecule has 0 saturated carbocycles. The molecule has 0 aliphatic carbocycles. The average Bonchev–Trinajstić information content (AvgIpc) is 3.11. The zero-order valence-corrected chi connectivity index (χ0v) is 11.7. The number of hydrogen-bond acceptors (Lipinski definition) is 6. The number of rotatable bonds is 5. The van der Waals surface area contributed by atoms with Gasteiger partial charge in [0.2, 0.25) is 0 Å². The molecule has 7 nitrogen and oxygen atoms in total. The van der Waals surface area contributed by atoms with Crippen LogP contribution in [0, 0.1) is 6.92 Å². The summed E-state index contributed by atoms with van der Waals surface area (Å²) in [5, 5.41) is 12.0. The van der Waals surface area contributed by atoms with Gasteiger partial charge in [-0.05, 0) is 25.6 Å². The summed E-state index contributed by atoms with van der Waals surface area (Å²) in [5.41, 5.74) is 8.44. The lowest BCUT2D eigenvalue weighted by atomic mass is 10.1. The van der Waals surface area contributed by atoms with E-state index in [1.165, 1.54) is 5.56 Å². The van der Waals surface area contributed by atoms with E-state index < -0.39 is 0 Å². The third-order valence-corrected chi connectivity index (χ3v) is 3.06. The molecule has 2 aromatic heterocycles. The average molecular weight is 284 g/mol. The van der Waals surface area contributed by atoms with E-state index in [0.717, 1.165) is 11.3 Å². The van der Waals surface area contributed by atoms with E-state index in [4.69, 9.17) is 10.3 Å². The van der Waals surface area contributed by atoms with Crippen molar-refractivity contribution in [3.8, 4) is 11.5 Å². The summed E-state index contributed by atoms with van der Waals surface area (Å²) in [6.45, 7) is 3.01. The van der Waals surface area contributed by atoms with E-state index in [2.05, 4.69) is 20.5 Å². The standard InChI is InChI=1S/C14H16N6O/c1-10-2-4-11(5-3-10)14-16-13(18-21-14)9-20-8-12(6-7-15)17-19-20/h2-5,8H,6-7,9,15H2,1H3. The fourth-order valence-electron chi connectivity index (χ4n) is 1.95. The number of hydrogen-bond donors (Lipinski definition) is 1. The molecular formula is C14H16N6O. The second-order valence-corrected chi connectivity index (χ2v) is 4.83. The van der Waals surface area contributed by atoms with Crippen LogP contribution in [-0.4, -0.2) is 31.7 Å². The molecule has 21 heavy (non-hydrogen) atoms. The quantitative estimate of drug-likeness (QED) is 0.756. The van der Waals surface area contributed by atoms with Gasteiger partial charge in [0.25, 0.3) is 5.89 Å². The molecule has 7 heteroatoms. The number of nitrogens with two attached hydrogens (primary N) is 1. The first-order valence-electron chi connectivity index (χ1n) is 6.73. The van der Waals surface area contributed by atoms with Gasteiger partial charge in [0.1, 0.15) is 6.54 Å². The van der Waals surface area contributed by atoms with Crippen LogP contribution in [-0.2, 0) is 13.0 Å². The summed E-state index contributed by atoms with van der Waals surface area (Å²) in [4.78, 5) is 4.37. The highest BCUT2D eigenvalue weighted by atomic mass is 16.5. The number of benzene rings is 1. The Morgan fingerprint density at radius 1 is 1.24 bits per heavy atom. The second kappa shape index (κ2) is 5.84. The molecule has 3 aromatic rings. The van der Waals surface area contributed by atoms with Crippen LogP contribution in [0.3, 0.4) is 0 Å². The van der Waals surface area contributed by atoms with Crippen LogP contribution < -0.4 is 5.73 Å². The zero-order chi connectivity index (χ0) is 14.7. The molecule has 0 fully saturated rings. The van der Waals surface area contributed by atoms with Crippen molar-refractivity contribution in [2.75, 3.05) is 6.54 Å². The minimum atomic E-state index is 0.424. The summed E-state index contributed by atoms with van der Waals surface area (Å²) in [6.07, 6.45) is 2.55. The first kappa shape index (κ1) is 13.4. The molecule has 0 spiro atoms. The molecular weight excluding hydrogens is 268 g/mol. The maximum atomic E-state index is 5.48. The highest BCUT2D eigenvalue weighted by molar-refractivity contribution is 5.53. The summed E-state index contributed by atoms with van der Waals surface area (Å²) >= 11 is 0. The van der Waals surface area contributed by atoms with Crippen molar-refractivity contribution in [3.05, 3.63) is 47.5 Å². The van der Waals surface area contributed by atoms with Crippen LogP contribution in [0.25, 0.3) is 11.5 Å². The molecule has 0 atom stereocenters. The SMILES string of the molecule is Cc1ccc(-c2nc(Cn3cc(CCN)nn3)no2)cc1. The van der Waals surface area contributed by atoms with Gasteiger partial charge in [-0.2, -0.15) is 4.98 Å². The van der Waals surface area contributed by atoms with E-state index in [0.29, 0.717) is 31.2 Å². The first-order valence-corrected chi connectivity index (χ1v) is 6.73. The third-order valence-electron chi connectivity index (χ3n) is 3.06. The minimum Gasteiger partial charge on any atom is -0.334 e. The summed E-state index contributed by atoms with van der Waals surface area (Å²) in [5.74, 6) is 1.07. The van der Waals surface area contributed by atoms with E-state index in [-0.39, 0.29) is 0 Å². The summed E-state index contributed by atoms with van der Waals surface area (Å²) < 4.78 is 6.95. The Kier molecular flexibility index (Phi) is 3.74. The van der Waals surface area contributed by atoms with Gasteiger partial charge in [0.15, 0.2) is 5.82 Å². The predicted octanol–water partition coefficient (Wildman–Crippen LogP) is 1.19. The van der Waals surface area contributed by atoms with E-state index in [1.807, 2.05) is 37.4 Å². The Labute approximate surface area is 121 Å². The lowest BCUT2D eigenvalue weighted by molar-refractivity contribution is 0.418. The van der Waals surface area contributed by atoms with Gasteiger partial charge in [-0.3, -0.25) is 0 Å². The van der Waals surface area contributed by atoms with E-state index in [9.17, 15) is 0 Å². The Hall–Kier alpha value is -2.54. The highest BCUT2D eigenvalue weighted by Crippen LogP contribution is 2.17. The van der Waals surface area contributed by atoms with Crippen molar-refractivity contribution in [2.24, 2.45) is 5.73 Å². The van der Waals surface area contributed by atoms with Gasteiger partial charge >= 0.3 is 0 Å². The van der Waals surface area contributed by atoms with Crippen molar-refractivity contribution >= 4 is 0 Å². The molecule has 3 rings (SSSR count). The monoisotopic (exact) mass is 284 g/mol. The van der Waals surface area contributed by atoms with Crippen LogP contribution in [0.4, 0.5) is 0 Å². The van der Waals surface area contributed by atoms with Crippen LogP contribution >= 0.6 is 0 Å². The predicted molar refractivity (Wildman–Crippen MR) is 76.4 cm³/mol. The molecule has 2 N–H and O–H groups in total. The van der Waals surface area contributed by atoms with E-state index in [1.54, 1.807) is 4.68 Å². The molecule has 0 aliphatic rings. The van der Waals surface area contributed by atoms with Crippen LogP contribution in [0.5, 0.6) is 0 Å². The van der Waals surface area contributed by atoms with E-state index >= 15 is 0 Å². The largest absolute Gasteiger partial charge is 0.334 e. The maximum absolute atomic E-state index is 5.48. The van der Waals surface area contributed by atoms with Gasteiger partial charge in [-0.1, -0.05) is 28.1 Å². The van der Waals surface area contributed by atoms with Crippen LogP contribution in [0.2, 0.25) is 0 Å². The lowest BCUT2D eigenvalue weighted by Crippen LogP contribution is -2.03. The normalized spacial score (nSPS) is 11.0. The fraction of sp³-hybridized carbons (Fsp3) is 0.286. The minimum absolute atomic E-state index is 0.424. The van der Waals surface area contributed by atoms with Crippen molar-refractivity contribution < 1.29 is 4.52 Å². The zero-order valence-electron chi connectivity index (χ0n) is 11.7. The molecule has 0 aliphatic heterocycles. The Bertz CT molecular complexity index is 715. The molecule has 0 amide bonds. The van der Waals surface area contributed by atoms with Crippen molar-refractivity contribution in [3.63, 3.8) is 0 Å². The van der Waals surface area contributed by atoms with Crippen LogP contribution in [0.1, 0.15) is 17.1 Å². The second-order valence-electron chi connectivity index (χ2n) is 4.83. The topological polar surface area (TPSA) is 95.7 Å². The lowest BCUT2D eigenvalue weighted by Gasteiger charge is -1.94. The molecule has 0 unspecified atom stereocenters. The molecule has 0 radical (unpaired) electrons. The van der Waals surface area contributed by atoms with Crippen LogP contribution in [0.15, 0.2) is 35.0 Å². The molecule has 0 bridgehead atoms. The molecule has 0 saturated heterocycles. The summed E-state index contributed by atoms with van der Waals surface area (Å²) in [7, 11) is 0. The van der Waals surface area contributed by atoms with Gasteiger partial charge < -0.3 is 10.3 Å². The number of nitrogens with zero attached hydrogens (tertiary/aromatic N) is 5. The number of aryl methyl sites for hydroxylation is 1. The highest BCUT2D eigenvalue weighted by Gasteiger charge is 2.10. The van der Waals surface area contributed by atoms with Gasteiger partial charge in [0.05, 0.1) is 5.69 Å². The Balaban J connectivity index is 1.73. The Morgan fingerprint density at radius 3 is 2.81 bits per heavy atom. The fourth-order valence-corrected chi connectivity index (χ4v) is 1.95. The molecule has 2 heterocycles. The Morgan fingerprint density at radius 2 is 2.05 bits per heavy atom. The van der Waals surface area contributed by atoms with Gasteiger partial charge in [-0.15, -0.1) is 5.10 Å². The third kappa shape index (κ3) is 3.14. The summed E-state index contributed by atoms with van der Waals surface area (Å²) in [6, 6.07) is 7.94. The van der Waals surface area contributed by atoms with Crippen molar-refractivity contribution in [1.29, 1.82) is 0 Å². The van der Waals surface area contributed by atoms with Crippen molar-refractivity contribution in [1.82, 2.24) is 25.1 Å². The molecule has 108 valence electrons. The molecule has 1 aromatic carbocycles. The number of aromatic nitrogens is 5. The first-order chi connectivity index (χ1) is 10.2. The maximum Gasteiger partial charge on any atom is 0.257 e. The van der Waals surface area contributed by atoms with Gasteiger partial charge in [-0.25, -0.2) is 4.68 Å².